The summed E-state index contributed by atoms with van der Waals surface area (Å²) in [7, 11) is 0. The molecule has 0 aromatic heterocycles. The van der Waals surface area contributed by atoms with Gasteiger partial charge in [0.05, 0.1) is 23.2 Å². The number of para-hydroxylation sites is 1. The number of amides is 1. The lowest BCUT2D eigenvalue weighted by Gasteiger charge is -2.35. The van der Waals surface area contributed by atoms with Gasteiger partial charge in [0, 0.05) is 6.42 Å². The molecule has 0 aliphatic carbocycles. The third-order valence-corrected chi connectivity index (χ3v) is 3.88. The fourth-order valence-electron chi connectivity index (χ4n) is 2.77. The summed E-state index contributed by atoms with van der Waals surface area (Å²) in [6.07, 6.45) is 0.317. The molecule has 1 unspecified atom stereocenters. The minimum Gasteiger partial charge on any atom is -0.305 e. The van der Waals surface area contributed by atoms with Crippen LogP contribution < -0.4 is 4.90 Å². The molecule has 1 aromatic rings. The third kappa shape index (κ3) is 1.69. The van der Waals surface area contributed by atoms with Crippen LogP contribution in [0.5, 0.6) is 0 Å². The lowest BCUT2D eigenvalue weighted by molar-refractivity contribution is -0.117. The number of hydrogen-bond donors (Lipinski definition) is 0. The van der Waals surface area contributed by atoms with Gasteiger partial charge in [-0.25, -0.2) is 0 Å². The highest BCUT2D eigenvalue weighted by Crippen LogP contribution is 2.41. The molecule has 1 aromatic carbocycles. The molecule has 1 saturated heterocycles. The molecule has 1 aliphatic rings. The Morgan fingerprint density at radius 3 is 2.33 bits per heavy atom. The predicted molar refractivity (Wildman–Crippen MR) is 71.2 cm³/mol. The van der Waals surface area contributed by atoms with Gasteiger partial charge in [-0.1, -0.05) is 18.2 Å². The van der Waals surface area contributed by atoms with Crippen LogP contribution in [0.1, 0.15) is 31.4 Å². The predicted octanol–water partition coefficient (Wildman–Crippen LogP) is 2.96. The van der Waals surface area contributed by atoms with Crippen molar-refractivity contribution in [3.8, 4) is 6.07 Å². The van der Waals surface area contributed by atoms with Crippen molar-refractivity contribution in [1.82, 2.24) is 0 Å². The van der Waals surface area contributed by atoms with Gasteiger partial charge in [-0.15, -0.1) is 0 Å². The van der Waals surface area contributed by atoms with Crippen LogP contribution in [0.4, 0.5) is 5.69 Å². The van der Waals surface area contributed by atoms with Crippen molar-refractivity contribution >= 4 is 11.6 Å². The van der Waals surface area contributed by atoms with Crippen LogP contribution in [-0.4, -0.2) is 11.4 Å². The number of carbonyl (C=O) groups excluding carboxylic acids is 1. The minimum absolute atomic E-state index is 0.0453. The zero-order valence-electron chi connectivity index (χ0n) is 11.3. The van der Waals surface area contributed by atoms with Crippen LogP contribution >= 0.6 is 0 Å². The Labute approximate surface area is 108 Å². The summed E-state index contributed by atoms with van der Waals surface area (Å²) >= 11 is 0. The van der Waals surface area contributed by atoms with E-state index < -0.39 is 5.54 Å². The van der Waals surface area contributed by atoms with Crippen LogP contribution in [0.15, 0.2) is 18.2 Å². The maximum Gasteiger partial charge on any atom is 0.228 e. The summed E-state index contributed by atoms with van der Waals surface area (Å²) in [5, 5.41) is 9.19. The molecule has 0 bridgehead atoms. The first-order valence-corrected chi connectivity index (χ1v) is 6.18. The Bertz CT molecular complexity index is 520. The molecule has 0 N–H and O–H groups in total. The van der Waals surface area contributed by atoms with Gasteiger partial charge in [-0.05, 0) is 38.8 Å². The summed E-state index contributed by atoms with van der Waals surface area (Å²) in [5.74, 6) is -0.201. The van der Waals surface area contributed by atoms with Gasteiger partial charge in [0.25, 0.3) is 0 Å². The number of anilines is 1. The molecule has 1 fully saturated rings. The Balaban J connectivity index is 2.58. The van der Waals surface area contributed by atoms with Crippen LogP contribution in [0.2, 0.25) is 0 Å². The molecule has 3 heteroatoms. The standard InChI is InChI=1S/C15H18N2O/c1-10-6-5-7-11(2)14(10)17-13(18)8-12(9-16)15(17,3)4/h5-7,12H,8H2,1-4H3. The van der Waals surface area contributed by atoms with E-state index >= 15 is 0 Å². The second-order valence-electron chi connectivity index (χ2n) is 5.51. The van der Waals surface area contributed by atoms with Crippen molar-refractivity contribution in [2.45, 2.75) is 39.7 Å². The van der Waals surface area contributed by atoms with E-state index in [9.17, 15) is 10.1 Å². The average Bonchev–Trinajstić information content (AvgIpc) is 2.51. The first-order chi connectivity index (χ1) is 8.39. The van der Waals surface area contributed by atoms with E-state index in [1.807, 2.05) is 50.8 Å². The van der Waals surface area contributed by atoms with E-state index in [4.69, 9.17) is 0 Å². The molecular weight excluding hydrogens is 224 g/mol. The average molecular weight is 242 g/mol. The molecule has 1 amide bonds. The highest BCUT2D eigenvalue weighted by Gasteiger charge is 2.47. The zero-order valence-corrected chi connectivity index (χ0v) is 11.3. The van der Waals surface area contributed by atoms with E-state index in [-0.39, 0.29) is 11.8 Å². The lowest BCUT2D eigenvalue weighted by atomic mass is 9.89. The molecule has 0 radical (unpaired) electrons. The van der Waals surface area contributed by atoms with Crippen LogP contribution in [0, 0.1) is 31.1 Å². The summed E-state index contributed by atoms with van der Waals surface area (Å²) in [5.41, 5.74) is 2.68. The zero-order chi connectivity index (χ0) is 13.5. The van der Waals surface area contributed by atoms with Gasteiger partial charge in [0.2, 0.25) is 5.91 Å². The van der Waals surface area contributed by atoms with Gasteiger partial charge in [-0.3, -0.25) is 4.79 Å². The molecule has 3 nitrogen and oxygen atoms in total. The molecular formula is C15H18N2O. The molecule has 2 rings (SSSR count). The second-order valence-corrected chi connectivity index (χ2v) is 5.51. The Morgan fingerprint density at radius 1 is 1.33 bits per heavy atom. The number of nitrogens with zero attached hydrogens (tertiary/aromatic N) is 2. The van der Waals surface area contributed by atoms with Gasteiger partial charge >= 0.3 is 0 Å². The maximum absolute atomic E-state index is 12.2. The number of rotatable bonds is 1. The quantitative estimate of drug-likeness (QED) is 0.760. The first-order valence-electron chi connectivity index (χ1n) is 6.18. The van der Waals surface area contributed by atoms with E-state index in [1.54, 1.807) is 0 Å². The van der Waals surface area contributed by atoms with Crippen molar-refractivity contribution in [1.29, 1.82) is 5.26 Å². The largest absolute Gasteiger partial charge is 0.305 e. The number of aryl methyl sites for hydroxylation is 2. The Hall–Kier alpha value is -1.82. The number of benzene rings is 1. The first kappa shape index (κ1) is 12.6. The molecule has 0 saturated carbocycles. The van der Waals surface area contributed by atoms with Gasteiger partial charge in [-0.2, -0.15) is 5.26 Å². The Kier molecular flexibility index (Phi) is 2.90. The molecule has 1 aliphatic heterocycles. The number of hydrogen-bond acceptors (Lipinski definition) is 2. The summed E-state index contributed by atoms with van der Waals surface area (Å²) in [6, 6.07) is 8.26. The summed E-state index contributed by atoms with van der Waals surface area (Å²) in [4.78, 5) is 14.0. The molecule has 1 atom stereocenters. The third-order valence-electron chi connectivity index (χ3n) is 3.88. The lowest BCUT2D eigenvalue weighted by Crippen LogP contribution is -2.44. The van der Waals surface area contributed by atoms with Crippen LogP contribution in [-0.2, 0) is 4.79 Å². The maximum atomic E-state index is 12.2. The minimum atomic E-state index is -0.442. The fraction of sp³-hybridized carbons (Fsp3) is 0.467. The molecule has 1 heterocycles. The topological polar surface area (TPSA) is 44.1 Å². The summed E-state index contributed by atoms with van der Waals surface area (Å²) in [6.45, 7) is 7.95. The SMILES string of the molecule is Cc1cccc(C)c1N1C(=O)CC(C#N)C1(C)C. The highest BCUT2D eigenvalue weighted by atomic mass is 16.2. The molecule has 94 valence electrons. The van der Waals surface area contributed by atoms with Gasteiger partial charge in [0.1, 0.15) is 0 Å². The van der Waals surface area contributed by atoms with E-state index in [2.05, 4.69) is 6.07 Å². The van der Waals surface area contributed by atoms with E-state index in [1.165, 1.54) is 0 Å². The van der Waals surface area contributed by atoms with E-state index in [0.717, 1.165) is 16.8 Å². The van der Waals surface area contributed by atoms with Crippen LogP contribution in [0.25, 0.3) is 0 Å². The van der Waals surface area contributed by atoms with Crippen molar-refractivity contribution in [3.05, 3.63) is 29.3 Å². The molecule has 18 heavy (non-hydrogen) atoms. The van der Waals surface area contributed by atoms with Gasteiger partial charge in [0.15, 0.2) is 0 Å². The number of nitriles is 1. The van der Waals surface area contributed by atoms with E-state index in [0.29, 0.717) is 6.42 Å². The second kappa shape index (κ2) is 4.13. The van der Waals surface area contributed by atoms with Crippen molar-refractivity contribution in [2.24, 2.45) is 5.92 Å². The monoisotopic (exact) mass is 242 g/mol. The van der Waals surface area contributed by atoms with Crippen LogP contribution in [0.3, 0.4) is 0 Å². The van der Waals surface area contributed by atoms with Crippen molar-refractivity contribution < 1.29 is 4.79 Å². The highest BCUT2D eigenvalue weighted by molar-refractivity contribution is 5.99. The molecule has 0 spiro atoms. The summed E-state index contributed by atoms with van der Waals surface area (Å²) < 4.78 is 0. The fourth-order valence-corrected chi connectivity index (χ4v) is 2.77. The normalized spacial score (nSPS) is 22.1. The van der Waals surface area contributed by atoms with Gasteiger partial charge < -0.3 is 4.90 Å². The number of carbonyl (C=O) groups is 1. The smallest absolute Gasteiger partial charge is 0.228 e. The Morgan fingerprint density at radius 2 is 1.89 bits per heavy atom. The van der Waals surface area contributed by atoms with Crippen molar-refractivity contribution in [2.75, 3.05) is 4.90 Å². The van der Waals surface area contributed by atoms with Crippen molar-refractivity contribution in [3.63, 3.8) is 0 Å².